The van der Waals surface area contributed by atoms with Crippen molar-refractivity contribution in [3.05, 3.63) is 25.4 Å². The predicted octanol–water partition coefficient (Wildman–Crippen LogP) is 2.28. The standard InChI is InChI=1S/C8H4F3IN2O5/c1-18-7(15)5-3(19-8(9,10)11)2-4(12)13-6(5)14(16)17/h2H,1H3. The van der Waals surface area contributed by atoms with Crippen LogP contribution in [-0.2, 0) is 4.74 Å². The Morgan fingerprint density at radius 2 is 2.11 bits per heavy atom. The highest BCUT2D eigenvalue weighted by Gasteiger charge is 2.37. The number of hydrogen-bond donors (Lipinski definition) is 0. The van der Waals surface area contributed by atoms with Crippen LogP contribution in [-0.4, -0.2) is 29.3 Å². The van der Waals surface area contributed by atoms with E-state index < -0.39 is 34.4 Å². The largest absolute Gasteiger partial charge is 0.573 e. The smallest absolute Gasteiger partial charge is 0.465 e. The van der Waals surface area contributed by atoms with E-state index in [9.17, 15) is 28.1 Å². The Balaban J connectivity index is 3.51. The minimum atomic E-state index is -5.11. The summed E-state index contributed by atoms with van der Waals surface area (Å²) in [6.07, 6.45) is -5.11. The molecule has 0 bridgehead atoms. The molecule has 0 unspecified atom stereocenters. The molecule has 1 rings (SSSR count). The van der Waals surface area contributed by atoms with Crippen molar-refractivity contribution in [1.82, 2.24) is 4.98 Å². The lowest BCUT2D eigenvalue weighted by Crippen LogP contribution is -2.20. The van der Waals surface area contributed by atoms with E-state index in [-0.39, 0.29) is 3.70 Å². The van der Waals surface area contributed by atoms with Gasteiger partial charge in [-0.3, -0.25) is 0 Å². The van der Waals surface area contributed by atoms with Crippen LogP contribution >= 0.6 is 22.6 Å². The van der Waals surface area contributed by atoms with E-state index in [2.05, 4.69) is 14.5 Å². The first-order valence-electron chi connectivity index (χ1n) is 4.34. The molecule has 104 valence electrons. The molecule has 1 aromatic heterocycles. The molecule has 0 saturated carbocycles. The molecule has 0 saturated heterocycles. The third-order valence-electron chi connectivity index (χ3n) is 1.72. The monoisotopic (exact) mass is 392 g/mol. The Kier molecular flexibility index (Phi) is 4.49. The van der Waals surface area contributed by atoms with Crippen molar-refractivity contribution in [3.8, 4) is 5.75 Å². The molecule has 0 amide bonds. The maximum atomic E-state index is 12.2. The van der Waals surface area contributed by atoms with Gasteiger partial charge in [-0.2, -0.15) is 0 Å². The first-order valence-corrected chi connectivity index (χ1v) is 5.42. The first kappa shape index (κ1) is 15.4. The highest BCUT2D eigenvalue weighted by Crippen LogP contribution is 2.33. The summed E-state index contributed by atoms with van der Waals surface area (Å²) in [5.74, 6) is -3.46. The molecule has 0 spiro atoms. The SMILES string of the molecule is COC(=O)c1c(OC(F)(F)F)cc(I)nc1[N+](=O)[O-]. The number of hydrogen-bond acceptors (Lipinski definition) is 6. The molecule has 0 aromatic carbocycles. The number of pyridine rings is 1. The fraction of sp³-hybridized carbons (Fsp3) is 0.250. The van der Waals surface area contributed by atoms with E-state index in [1.807, 2.05) is 0 Å². The molecule has 7 nitrogen and oxygen atoms in total. The van der Waals surface area contributed by atoms with Gasteiger partial charge in [-0.1, -0.05) is 0 Å². The van der Waals surface area contributed by atoms with Crippen molar-refractivity contribution in [2.75, 3.05) is 7.11 Å². The molecule has 1 aromatic rings. The number of halogens is 4. The third-order valence-corrected chi connectivity index (χ3v) is 2.27. The van der Waals surface area contributed by atoms with Crippen LogP contribution in [0.15, 0.2) is 6.07 Å². The normalized spacial score (nSPS) is 11.0. The van der Waals surface area contributed by atoms with Gasteiger partial charge in [0.25, 0.3) is 0 Å². The van der Waals surface area contributed by atoms with E-state index in [1.165, 1.54) is 22.6 Å². The zero-order valence-corrected chi connectivity index (χ0v) is 11.2. The molecular weight excluding hydrogens is 388 g/mol. The van der Waals surface area contributed by atoms with Crippen molar-refractivity contribution in [1.29, 1.82) is 0 Å². The zero-order chi connectivity index (χ0) is 14.8. The molecule has 11 heteroatoms. The lowest BCUT2D eigenvalue weighted by atomic mass is 10.2. The maximum Gasteiger partial charge on any atom is 0.573 e. The van der Waals surface area contributed by atoms with Crippen molar-refractivity contribution in [3.63, 3.8) is 0 Å². The van der Waals surface area contributed by atoms with E-state index in [0.717, 1.165) is 13.2 Å². The summed E-state index contributed by atoms with van der Waals surface area (Å²) in [6.45, 7) is 0. The van der Waals surface area contributed by atoms with Gasteiger partial charge >= 0.3 is 18.1 Å². The Morgan fingerprint density at radius 1 is 1.53 bits per heavy atom. The van der Waals surface area contributed by atoms with Crippen LogP contribution in [0.1, 0.15) is 10.4 Å². The fourth-order valence-electron chi connectivity index (χ4n) is 1.11. The predicted molar refractivity (Wildman–Crippen MR) is 61.6 cm³/mol. The molecular formula is C8H4F3IN2O5. The highest BCUT2D eigenvalue weighted by molar-refractivity contribution is 14.1. The number of esters is 1. The van der Waals surface area contributed by atoms with Crippen molar-refractivity contribution in [2.24, 2.45) is 0 Å². The van der Waals surface area contributed by atoms with Gasteiger partial charge in [0, 0.05) is 28.7 Å². The van der Waals surface area contributed by atoms with Crippen LogP contribution in [0.3, 0.4) is 0 Å². The maximum absolute atomic E-state index is 12.2. The number of nitrogens with zero attached hydrogens (tertiary/aromatic N) is 2. The summed E-state index contributed by atoms with van der Waals surface area (Å²) < 4.78 is 44.2. The van der Waals surface area contributed by atoms with Gasteiger partial charge < -0.3 is 19.6 Å². The number of alkyl halides is 3. The average molecular weight is 392 g/mol. The van der Waals surface area contributed by atoms with Crippen molar-refractivity contribution >= 4 is 34.4 Å². The average Bonchev–Trinajstić information content (AvgIpc) is 2.24. The Bertz CT molecular complexity index is 534. The lowest BCUT2D eigenvalue weighted by molar-refractivity contribution is -0.390. The van der Waals surface area contributed by atoms with Crippen molar-refractivity contribution < 1.29 is 32.4 Å². The highest BCUT2D eigenvalue weighted by atomic mass is 127. The third kappa shape index (κ3) is 3.90. The van der Waals surface area contributed by atoms with Crippen LogP contribution in [0.4, 0.5) is 19.0 Å². The summed E-state index contributed by atoms with van der Waals surface area (Å²) in [5, 5.41) is 10.7. The lowest BCUT2D eigenvalue weighted by Gasteiger charge is -2.11. The summed E-state index contributed by atoms with van der Waals surface area (Å²) in [5.41, 5.74) is -0.995. The number of nitro groups is 1. The number of ether oxygens (including phenoxy) is 2. The van der Waals surface area contributed by atoms with Crippen LogP contribution in [0.2, 0.25) is 0 Å². The van der Waals surface area contributed by atoms with E-state index in [1.54, 1.807) is 0 Å². The minimum Gasteiger partial charge on any atom is -0.465 e. The molecule has 0 radical (unpaired) electrons. The molecule has 19 heavy (non-hydrogen) atoms. The van der Waals surface area contributed by atoms with Crippen LogP contribution in [0.25, 0.3) is 0 Å². The molecule has 0 atom stereocenters. The summed E-state index contributed by atoms with van der Waals surface area (Å²) in [7, 11) is 0.862. The van der Waals surface area contributed by atoms with Crippen LogP contribution in [0.5, 0.6) is 5.75 Å². The topological polar surface area (TPSA) is 91.6 Å². The van der Waals surface area contributed by atoms with E-state index in [0.29, 0.717) is 0 Å². The van der Waals surface area contributed by atoms with Crippen molar-refractivity contribution in [2.45, 2.75) is 6.36 Å². The molecule has 0 aliphatic heterocycles. The Morgan fingerprint density at radius 3 is 2.53 bits per heavy atom. The van der Waals surface area contributed by atoms with Gasteiger partial charge in [-0.25, -0.2) is 4.79 Å². The second kappa shape index (κ2) is 5.54. The van der Waals surface area contributed by atoms with Gasteiger partial charge in [0.2, 0.25) is 3.70 Å². The number of methoxy groups -OCH3 is 1. The van der Waals surface area contributed by atoms with E-state index in [4.69, 9.17) is 0 Å². The van der Waals surface area contributed by atoms with Gasteiger partial charge in [-0.05, 0) is 9.91 Å². The Hall–Kier alpha value is -1.66. The molecule has 0 aliphatic rings. The minimum absolute atomic E-state index is 0.142. The van der Waals surface area contributed by atoms with E-state index >= 15 is 0 Å². The molecule has 1 heterocycles. The molecule has 0 fully saturated rings. The fourth-order valence-corrected chi connectivity index (χ4v) is 1.62. The Labute approximate surface area is 117 Å². The first-order chi connectivity index (χ1) is 8.65. The quantitative estimate of drug-likeness (QED) is 0.258. The second-order valence-corrected chi connectivity index (χ2v) is 4.04. The zero-order valence-electron chi connectivity index (χ0n) is 9.02. The molecule has 0 aliphatic carbocycles. The summed E-state index contributed by atoms with van der Waals surface area (Å²) >= 11 is 1.45. The van der Waals surface area contributed by atoms with Crippen LogP contribution < -0.4 is 4.74 Å². The second-order valence-electron chi connectivity index (χ2n) is 2.94. The number of carbonyl (C=O) groups excluding carboxylic acids is 1. The summed E-state index contributed by atoms with van der Waals surface area (Å²) in [4.78, 5) is 24.3. The van der Waals surface area contributed by atoms with Gasteiger partial charge in [0.05, 0.1) is 7.11 Å². The summed E-state index contributed by atoms with van der Waals surface area (Å²) in [6, 6.07) is 0.743. The molecule has 0 N–H and O–H groups in total. The van der Waals surface area contributed by atoms with Gasteiger partial charge in [-0.15, -0.1) is 13.2 Å². The number of rotatable bonds is 3. The van der Waals surface area contributed by atoms with Gasteiger partial charge in [0.15, 0.2) is 11.3 Å². The van der Waals surface area contributed by atoms with Crippen LogP contribution in [0, 0.1) is 13.8 Å². The van der Waals surface area contributed by atoms with Gasteiger partial charge in [0.1, 0.15) is 0 Å². The number of aromatic nitrogens is 1. The number of carbonyl (C=O) groups is 1.